The van der Waals surface area contributed by atoms with E-state index in [2.05, 4.69) is 24.8 Å². The fourth-order valence-electron chi connectivity index (χ4n) is 3.76. The molecule has 1 fully saturated rings. The van der Waals surface area contributed by atoms with Crippen molar-refractivity contribution in [3.63, 3.8) is 0 Å². The molecule has 1 unspecified atom stereocenters. The zero-order chi connectivity index (χ0) is 20.8. The molecule has 0 radical (unpaired) electrons. The van der Waals surface area contributed by atoms with Crippen LogP contribution in [-0.2, 0) is 0 Å². The van der Waals surface area contributed by atoms with Crippen molar-refractivity contribution in [2.75, 3.05) is 44.7 Å². The molecule has 4 rings (SSSR count). The average Bonchev–Trinajstić information content (AvgIpc) is 2.96. The van der Waals surface area contributed by atoms with Gasteiger partial charge >= 0.3 is 0 Å². The summed E-state index contributed by atoms with van der Waals surface area (Å²) in [6.45, 7) is 4.92. The topological polar surface area (TPSA) is 80.2 Å². The van der Waals surface area contributed by atoms with Crippen molar-refractivity contribution in [2.24, 2.45) is 4.99 Å². The van der Waals surface area contributed by atoms with Gasteiger partial charge in [0.15, 0.2) is 5.82 Å². The number of aliphatic imine (C=N–C) groups is 1. The Balaban J connectivity index is 1.19. The molecule has 0 bridgehead atoms. The second kappa shape index (κ2) is 9.67. The number of amides is 1. The van der Waals surface area contributed by atoms with Crippen LogP contribution >= 0.6 is 0 Å². The van der Waals surface area contributed by atoms with Crippen molar-refractivity contribution < 1.29 is 14.3 Å². The molecule has 1 aromatic heterocycles. The summed E-state index contributed by atoms with van der Waals surface area (Å²) >= 11 is 0. The second-order valence-electron chi connectivity index (χ2n) is 7.48. The molecular weight excluding hydrogens is 382 g/mol. The van der Waals surface area contributed by atoms with E-state index in [-0.39, 0.29) is 12.0 Å². The largest absolute Gasteiger partial charge is 0.484 e. The normalized spacial score (nSPS) is 19.2. The van der Waals surface area contributed by atoms with Gasteiger partial charge in [-0.3, -0.25) is 14.7 Å². The summed E-state index contributed by atoms with van der Waals surface area (Å²) in [6.07, 6.45) is 7.87. The van der Waals surface area contributed by atoms with Gasteiger partial charge in [0, 0.05) is 32.4 Å². The third-order valence-electron chi connectivity index (χ3n) is 5.47. The van der Waals surface area contributed by atoms with E-state index in [0.717, 1.165) is 57.8 Å². The molecule has 2 aliphatic heterocycles. The van der Waals surface area contributed by atoms with Crippen LogP contribution in [0.15, 0.2) is 41.7 Å². The molecular formula is C22H27N5O3. The van der Waals surface area contributed by atoms with E-state index in [1.54, 1.807) is 31.8 Å². The van der Waals surface area contributed by atoms with Crippen molar-refractivity contribution in [1.29, 1.82) is 0 Å². The lowest BCUT2D eigenvalue weighted by Gasteiger charge is -2.35. The van der Waals surface area contributed by atoms with Crippen LogP contribution in [0.25, 0.3) is 0 Å². The Labute approximate surface area is 176 Å². The van der Waals surface area contributed by atoms with Crippen LogP contribution < -0.4 is 14.4 Å². The highest BCUT2D eigenvalue weighted by Crippen LogP contribution is 2.23. The quantitative estimate of drug-likeness (QED) is 0.650. The fraction of sp³-hybridized carbons (Fsp3) is 0.455. The minimum absolute atomic E-state index is 0.152. The zero-order valence-corrected chi connectivity index (χ0v) is 17.2. The number of methoxy groups -OCH3 is 1. The Morgan fingerprint density at radius 1 is 1.13 bits per heavy atom. The Hall–Kier alpha value is -3.00. The molecule has 1 amide bonds. The fourth-order valence-corrected chi connectivity index (χ4v) is 3.76. The third kappa shape index (κ3) is 4.94. The number of piperazine rings is 1. The molecule has 3 heterocycles. The molecule has 8 nitrogen and oxygen atoms in total. The van der Waals surface area contributed by atoms with Crippen LogP contribution in [0.3, 0.4) is 0 Å². The minimum atomic E-state index is -0.230. The van der Waals surface area contributed by atoms with Gasteiger partial charge in [0.1, 0.15) is 11.9 Å². The molecule has 2 aromatic rings. The van der Waals surface area contributed by atoms with Crippen LogP contribution in [0.4, 0.5) is 5.82 Å². The first-order chi connectivity index (χ1) is 14.7. The molecule has 30 heavy (non-hydrogen) atoms. The Kier molecular flexibility index (Phi) is 6.53. The zero-order valence-electron chi connectivity index (χ0n) is 17.2. The molecule has 8 heteroatoms. The van der Waals surface area contributed by atoms with Crippen molar-refractivity contribution in [3.8, 4) is 11.6 Å². The number of hydrogen-bond donors (Lipinski definition) is 0. The van der Waals surface area contributed by atoms with Gasteiger partial charge in [-0.1, -0.05) is 12.1 Å². The van der Waals surface area contributed by atoms with Crippen LogP contribution in [0, 0.1) is 0 Å². The minimum Gasteiger partial charge on any atom is -0.484 e. The number of para-hydroxylation sites is 1. The number of carbonyl (C=O) groups is 1. The molecule has 0 aliphatic carbocycles. The van der Waals surface area contributed by atoms with Crippen molar-refractivity contribution >= 4 is 17.9 Å². The Bertz CT molecular complexity index is 896. The summed E-state index contributed by atoms with van der Waals surface area (Å²) in [5, 5.41) is 0. The number of rotatable bonds is 7. The van der Waals surface area contributed by atoms with Gasteiger partial charge in [0.25, 0.3) is 5.91 Å². The summed E-state index contributed by atoms with van der Waals surface area (Å²) in [5.41, 5.74) is 0.537. The predicted molar refractivity (Wildman–Crippen MR) is 115 cm³/mol. The molecule has 2 aliphatic rings. The first kappa shape index (κ1) is 20.3. The highest BCUT2D eigenvalue weighted by atomic mass is 16.5. The summed E-state index contributed by atoms with van der Waals surface area (Å²) < 4.78 is 11.2. The van der Waals surface area contributed by atoms with Crippen LogP contribution in [0.1, 0.15) is 29.6 Å². The smallest absolute Gasteiger partial charge is 0.280 e. The van der Waals surface area contributed by atoms with Crippen molar-refractivity contribution in [2.45, 2.75) is 25.4 Å². The van der Waals surface area contributed by atoms with Gasteiger partial charge < -0.3 is 14.4 Å². The predicted octanol–water partition coefficient (Wildman–Crippen LogP) is 2.45. The number of ether oxygens (including phenoxy) is 2. The highest BCUT2D eigenvalue weighted by Gasteiger charge is 2.20. The van der Waals surface area contributed by atoms with E-state index in [9.17, 15) is 4.79 Å². The van der Waals surface area contributed by atoms with Gasteiger partial charge in [-0.05, 0) is 37.9 Å². The lowest BCUT2D eigenvalue weighted by Crippen LogP contribution is -2.47. The molecule has 158 valence electrons. The summed E-state index contributed by atoms with van der Waals surface area (Å²) in [7, 11) is 1.61. The number of fused-ring (bicyclic) bond motifs is 1. The monoisotopic (exact) mass is 409 g/mol. The van der Waals surface area contributed by atoms with Crippen molar-refractivity contribution in [1.82, 2.24) is 14.9 Å². The lowest BCUT2D eigenvalue weighted by molar-refractivity contribution is 0.100. The number of carbonyl (C=O) groups excluding carboxylic acids is 1. The molecule has 0 N–H and O–H groups in total. The average molecular weight is 409 g/mol. The van der Waals surface area contributed by atoms with Gasteiger partial charge in [0.2, 0.25) is 5.88 Å². The number of aromatic nitrogens is 2. The van der Waals surface area contributed by atoms with Gasteiger partial charge in [-0.15, -0.1) is 0 Å². The standard InChI is InChI=1S/C22H27N5O3/c1-29-21-16-23-15-20(25-21)27-12-10-26(11-13-27)9-5-4-6-17-14-24-22(28)18-7-2-3-8-19(18)30-17/h2-3,7-8,14-17H,4-6,9-13H2,1H3. The molecule has 1 atom stereocenters. The third-order valence-corrected chi connectivity index (χ3v) is 5.47. The SMILES string of the molecule is COc1cncc(N2CCN(CCCCC3C=NC(=O)c4ccccc4O3)CC2)n1. The number of benzene rings is 1. The summed E-state index contributed by atoms with van der Waals surface area (Å²) in [6, 6.07) is 7.30. The summed E-state index contributed by atoms with van der Waals surface area (Å²) in [4.78, 5) is 29.5. The van der Waals surface area contributed by atoms with E-state index in [4.69, 9.17) is 9.47 Å². The van der Waals surface area contributed by atoms with E-state index in [0.29, 0.717) is 17.2 Å². The van der Waals surface area contributed by atoms with E-state index in [1.807, 2.05) is 18.2 Å². The van der Waals surface area contributed by atoms with Crippen LogP contribution in [0.5, 0.6) is 11.6 Å². The van der Waals surface area contributed by atoms with Gasteiger partial charge in [0.05, 0.1) is 25.1 Å². The maximum absolute atomic E-state index is 12.0. The lowest BCUT2D eigenvalue weighted by atomic mass is 10.1. The molecule has 0 spiro atoms. The molecule has 0 saturated carbocycles. The number of nitrogens with zero attached hydrogens (tertiary/aromatic N) is 5. The first-order valence-corrected chi connectivity index (χ1v) is 10.4. The van der Waals surface area contributed by atoms with Crippen LogP contribution in [0.2, 0.25) is 0 Å². The van der Waals surface area contributed by atoms with Crippen LogP contribution in [-0.4, -0.2) is 72.9 Å². The van der Waals surface area contributed by atoms with Gasteiger partial charge in [-0.25, -0.2) is 4.99 Å². The maximum Gasteiger partial charge on any atom is 0.280 e. The highest BCUT2D eigenvalue weighted by molar-refractivity contribution is 6.02. The number of anilines is 1. The second-order valence-corrected chi connectivity index (χ2v) is 7.48. The van der Waals surface area contributed by atoms with E-state index in [1.165, 1.54) is 0 Å². The molecule has 1 saturated heterocycles. The number of hydrogen-bond acceptors (Lipinski definition) is 7. The van der Waals surface area contributed by atoms with Gasteiger partial charge in [-0.2, -0.15) is 4.98 Å². The maximum atomic E-state index is 12.0. The number of unbranched alkanes of at least 4 members (excludes halogenated alkanes) is 1. The summed E-state index contributed by atoms with van der Waals surface area (Å²) in [5.74, 6) is 1.81. The Morgan fingerprint density at radius 3 is 2.80 bits per heavy atom. The molecule has 1 aromatic carbocycles. The Morgan fingerprint density at radius 2 is 1.97 bits per heavy atom. The van der Waals surface area contributed by atoms with E-state index >= 15 is 0 Å². The first-order valence-electron chi connectivity index (χ1n) is 10.4. The van der Waals surface area contributed by atoms with Crippen molar-refractivity contribution in [3.05, 3.63) is 42.2 Å². The van der Waals surface area contributed by atoms with E-state index < -0.39 is 0 Å².